The first-order chi connectivity index (χ1) is 13.1. The second-order valence-corrected chi connectivity index (χ2v) is 6.90. The van der Waals surface area contributed by atoms with Crippen LogP contribution in [0, 0.1) is 11.3 Å². The number of hydrogen-bond acceptors (Lipinski definition) is 5. The van der Waals surface area contributed by atoms with E-state index in [2.05, 4.69) is 21.4 Å². The van der Waals surface area contributed by atoms with E-state index in [1.54, 1.807) is 18.3 Å². The smallest absolute Gasteiger partial charge is 0.123 e. The van der Waals surface area contributed by atoms with Crippen molar-refractivity contribution in [1.82, 2.24) is 10.2 Å². The molecule has 0 bridgehead atoms. The summed E-state index contributed by atoms with van der Waals surface area (Å²) in [6.07, 6.45) is 3.77. The van der Waals surface area contributed by atoms with Crippen molar-refractivity contribution < 1.29 is 9.50 Å². The maximum atomic E-state index is 13.2. The molecule has 2 aromatic rings. The van der Waals surface area contributed by atoms with Crippen LogP contribution in [0.2, 0.25) is 0 Å². The average molecular weight is 368 g/mol. The maximum absolute atomic E-state index is 13.2. The molecule has 6 heteroatoms. The highest BCUT2D eigenvalue weighted by atomic mass is 19.1. The molecule has 3 N–H and O–H groups in total. The number of aromatic hydroxyl groups is 1. The molecule has 0 saturated carbocycles. The lowest BCUT2D eigenvalue weighted by molar-refractivity contribution is 0.226. The lowest BCUT2D eigenvalue weighted by atomic mass is 9.89. The molecule has 0 amide bonds. The quantitative estimate of drug-likeness (QED) is 0.636. The molecule has 1 saturated heterocycles. The van der Waals surface area contributed by atoms with Crippen LogP contribution in [0.25, 0.3) is 0 Å². The maximum Gasteiger partial charge on any atom is 0.123 e. The molecule has 1 fully saturated rings. The normalized spacial score (nSPS) is 16.3. The van der Waals surface area contributed by atoms with Gasteiger partial charge in [-0.1, -0.05) is 24.3 Å². The molecule has 1 aliphatic rings. The first kappa shape index (κ1) is 19.0. The summed E-state index contributed by atoms with van der Waals surface area (Å²) in [4.78, 5) is 2.28. The third-order valence-electron chi connectivity index (χ3n) is 4.92. The predicted molar refractivity (Wildman–Crippen MR) is 103 cm³/mol. The molecule has 3 rings (SSSR count). The lowest BCUT2D eigenvalue weighted by Gasteiger charge is -2.32. The minimum atomic E-state index is -0.252. The third-order valence-corrected chi connectivity index (χ3v) is 4.92. The molecular formula is C21H25FN4O. The van der Waals surface area contributed by atoms with Crippen LogP contribution >= 0.6 is 0 Å². The van der Waals surface area contributed by atoms with Crippen molar-refractivity contribution in [2.75, 3.05) is 19.6 Å². The van der Waals surface area contributed by atoms with Gasteiger partial charge in [-0.15, -0.1) is 0 Å². The highest BCUT2D eigenvalue weighted by molar-refractivity contribution is 5.30. The lowest BCUT2D eigenvalue weighted by Crippen LogP contribution is -2.34. The van der Waals surface area contributed by atoms with Gasteiger partial charge in [0.15, 0.2) is 0 Å². The van der Waals surface area contributed by atoms with Crippen LogP contribution < -0.4 is 5.32 Å². The van der Waals surface area contributed by atoms with Crippen molar-refractivity contribution in [1.29, 1.82) is 5.53 Å². The standard InChI is InChI=1S/C21H25FN4O/c22-19-5-1-3-16(11-19)13-24-14-20(25-23)15-26-9-7-17(8-10-26)18-4-2-6-21(27)12-18/h1-6,11-12,14,17,23-24,27H,7-10,13,15H2/b20-14-,25-23?. The molecule has 27 heavy (non-hydrogen) atoms. The number of phenols is 1. The largest absolute Gasteiger partial charge is 0.508 e. The van der Waals surface area contributed by atoms with E-state index in [-0.39, 0.29) is 5.82 Å². The van der Waals surface area contributed by atoms with Gasteiger partial charge in [0.2, 0.25) is 0 Å². The minimum absolute atomic E-state index is 0.252. The van der Waals surface area contributed by atoms with E-state index >= 15 is 0 Å². The number of nitrogens with one attached hydrogen (secondary N) is 2. The fraction of sp³-hybridized carbons (Fsp3) is 0.333. The van der Waals surface area contributed by atoms with Gasteiger partial charge in [0.25, 0.3) is 0 Å². The highest BCUT2D eigenvalue weighted by Gasteiger charge is 2.21. The van der Waals surface area contributed by atoms with Gasteiger partial charge in [-0.25, -0.2) is 9.92 Å². The van der Waals surface area contributed by atoms with Gasteiger partial charge in [0.05, 0.1) is 5.70 Å². The Balaban J connectivity index is 1.48. The Bertz CT molecular complexity index is 800. The fourth-order valence-corrected chi connectivity index (χ4v) is 3.48. The van der Waals surface area contributed by atoms with Crippen LogP contribution in [-0.4, -0.2) is 29.6 Å². The number of phenolic OH excluding ortho intramolecular Hbond substituents is 1. The fourth-order valence-electron chi connectivity index (χ4n) is 3.48. The monoisotopic (exact) mass is 368 g/mol. The molecule has 0 aromatic heterocycles. The van der Waals surface area contributed by atoms with Crippen LogP contribution in [0.4, 0.5) is 4.39 Å². The van der Waals surface area contributed by atoms with Gasteiger partial charge >= 0.3 is 0 Å². The van der Waals surface area contributed by atoms with E-state index in [1.165, 1.54) is 17.7 Å². The second-order valence-electron chi connectivity index (χ2n) is 6.90. The first-order valence-corrected chi connectivity index (χ1v) is 9.19. The van der Waals surface area contributed by atoms with Crippen molar-refractivity contribution >= 4 is 0 Å². The van der Waals surface area contributed by atoms with E-state index in [0.29, 0.717) is 30.5 Å². The molecule has 0 spiro atoms. The highest BCUT2D eigenvalue weighted by Crippen LogP contribution is 2.30. The van der Waals surface area contributed by atoms with Gasteiger partial charge in [0, 0.05) is 19.3 Å². The topological polar surface area (TPSA) is 71.7 Å². The molecule has 2 aromatic carbocycles. The molecule has 0 atom stereocenters. The van der Waals surface area contributed by atoms with Gasteiger partial charge < -0.3 is 10.4 Å². The van der Waals surface area contributed by atoms with Gasteiger partial charge in [-0.3, -0.25) is 4.90 Å². The number of hydrogen-bond donors (Lipinski definition) is 3. The van der Waals surface area contributed by atoms with Crippen LogP contribution in [0.5, 0.6) is 5.75 Å². The molecular weight excluding hydrogens is 343 g/mol. The molecule has 1 aliphatic heterocycles. The van der Waals surface area contributed by atoms with Gasteiger partial charge in [-0.2, -0.15) is 5.11 Å². The van der Waals surface area contributed by atoms with Crippen molar-refractivity contribution in [3.05, 3.63) is 77.4 Å². The van der Waals surface area contributed by atoms with Gasteiger partial charge in [-0.05, 0) is 67.2 Å². The minimum Gasteiger partial charge on any atom is -0.508 e. The first-order valence-electron chi connectivity index (χ1n) is 9.19. The van der Waals surface area contributed by atoms with Crippen molar-refractivity contribution in [3.8, 4) is 5.75 Å². The Morgan fingerprint density at radius 3 is 2.70 bits per heavy atom. The Kier molecular flexibility index (Phi) is 6.54. The zero-order valence-electron chi connectivity index (χ0n) is 15.2. The molecule has 5 nitrogen and oxygen atoms in total. The Morgan fingerprint density at radius 2 is 2.00 bits per heavy atom. The number of likely N-dealkylation sites (tertiary alicyclic amines) is 1. The summed E-state index contributed by atoms with van der Waals surface area (Å²) < 4.78 is 13.2. The number of nitrogens with zero attached hydrogens (tertiary/aromatic N) is 2. The third kappa shape index (κ3) is 5.62. The summed E-state index contributed by atoms with van der Waals surface area (Å²) in [5, 5.41) is 16.4. The second kappa shape index (κ2) is 9.28. The van der Waals surface area contributed by atoms with E-state index in [0.717, 1.165) is 31.5 Å². The number of piperidine rings is 1. The van der Waals surface area contributed by atoms with Crippen molar-refractivity contribution in [2.45, 2.75) is 25.3 Å². The Morgan fingerprint density at radius 1 is 1.22 bits per heavy atom. The summed E-state index contributed by atoms with van der Waals surface area (Å²) in [5.74, 6) is 0.524. The SMILES string of the molecule is N=N/C(=C\NCc1cccc(F)c1)CN1CCC(c2cccc(O)c2)CC1. The van der Waals surface area contributed by atoms with E-state index in [4.69, 9.17) is 5.53 Å². The molecule has 142 valence electrons. The summed E-state index contributed by atoms with van der Waals surface area (Å²) in [6, 6.07) is 14.0. The zero-order valence-corrected chi connectivity index (χ0v) is 15.2. The average Bonchev–Trinajstić information content (AvgIpc) is 2.68. The number of benzene rings is 2. The predicted octanol–water partition coefficient (Wildman–Crippen LogP) is 4.37. The van der Waals surface area contributed by atoms with Crippen LogP contribution in [0.1, 0.15) is 29.9 Å². The van der Waals surface area contributed by atoms with E-state index in [9.17, 15) is 9.50 Å². The van der Waals surface area contributed by atoms with Crippen molar-refractivity contribution in [2.24, 2.45) is 5.11 Å². The Hall–Kier alpha value is -2.73. The van der Waals surface area contributed by atoms with Gasteiger partial charge in [0.1, 0.15) is 11.6 Å². The van der Waals surface area contributed by atoms with Crippen LogP contribution in [0.15, 0.2) is 65.5 Å². The summed E-state index contributed by atoms with van der Waals surface area (Å²) >= 11 is 0. The number of rotatable bonds is 7. The molecule has 0 radical (unpaired) electrons. The van der Waals surface area contributed by atoms with Crippen LogP contribution in [0.3, 0.4) is 0 Å². The summed E-state index contributed by atoms with van der Waals surface area (Å²) in [7, 11) is 0. The van der Waals surface area contributed by atoms with E-state index in [1.807, 2.05) is 18.2 Å². The summed E-state index contributed by atoms with van der Waals surface area (Å²) in [6.45, 7) is 2.97. The van der Waals surface area contributed by atoms with Crippen molar-refractivity contribution in [3.63, 3.8) is 0 Å². The molecule has 1 heterocycles. The zero-order chi connectivity index (χ0) is 19.1. The van der Waals surface area contributed by atoms with E-state index < -0.39 is 0 Å². The Labute approximate surface area is 159 Å². The van der Waals surface area contributed by atoms with Crippen LogP contribution in [-0.2, 0) is 6.54 Å². The number of halogens is 1. The summed E-state index contributed by atoms with van der Waals surface area (Å²) in [5.41, 5.74) is 10.1. The molecule has 0 aliphatic carbocycles. The molecule has 0 unspecified atom stereocenters.